The molecule has 0 radical (unpaired) electrons. The Morgan fingerprint density at radius 1 is 1.33 bits per heavy atom. The smallest absolute Gasteiger partial charge is 0.123 e. The Bertz CT molecular complexity index is 544. The van der Waals surface area contributed by atoms with Crippen molar-refractivity contribution in [1.29, 1.82) is 0 Å². The maximum absolute atomic E-state index is 5.21. The van der Waals surface area contributed by atoms with Gasteiger partial charge in [-0.1, -0.05) is 19.1 Å². The highest BCUT2D eigenvalue weighted by Gasteiger charge is 2.32. The van der Waals surface area contributed by atoms with E-state index in [4.69, 9.17) is 4.74 Å². The van der Waals surface area contributed by atoms with Crippen LogP contribution in [0.25, 0.3) is 0 Å². The highest BCUT2D eigenvalue weighted by Crippen LogP contribution is 2.38. The van der Waals surface area contributed by atoms with Gasteiger partial charge in [-0.3, -0.25) is 0 Å². The minimum atomic E-state index is 0.335. The third-order valence-electron chi connectivity index (χ3n) is 4.42. The van der Waals surface area contributed by atoms with Crippen LogP contribution >= 0.6 is 0 Å². The van der Waals surface area contributed by atoms with E-state index in [0.29, 0.717) is 18.0 Å². The van der Waals surface area contributed by atoms with Crippen molar-refractivity contribution < 1.29 is 4.74 Å². The predicted molar refractivity (Wildman–Crippen MR) is 83.5 cm³/mol. The summed E-state index contributed by atoms with van der Waals surface area (Å²) in [6, 6.07) is 9.39. The second-order valence-electron chi connectivity index (χ2n) is 5.74. The van der Waals surface area contributed by atoms with Gasteiger partial charge < -0.3 is 15.0 Å². The molecule has 0 bridgehead atoms. The molecule has 1 atom stereocenters. The van der Waals surface area contributed by atoms with Gasteiger partial charge in [0.15, 0.2) is 0 Å². The van der Waals surface area contributed by atoms with Gasteiger partial charge in [0, 0.05) is 18.4 Å². The van der Waals surface area contributed by atoms with Crippen molar-refractivity contribution in [2.45, 2.75) is 44.2 Å². The molecule has 0 aliphatic heterocycles. The minimum absolute atomic E-state index is 0.335. The van der Waals surface area contributed by atoms with Crippen LogP contribution in [0, 0.1) is 0 Å². The van der Waals surface area contributed by atoms with Gasteiger partial charge >= 0.3 is 0 Å². The van der Waals surface area contributed by atoms with E-state index in [-0.39, 0.29) is 0 Å². The fraction of sp³-hybridized carbons (Fsp3) is 0.471. The molecule has 4 nitrogen and oxygen atoms in total. The third kappa shape index (κ3) is 3.10. The summed E-state index contributed by atoms with van der Waals surface area (Å²) in [5, 5.41) is 3.71. The average Bonchev–Trinajstić information content (AvgIpc) is 3.01. The lowest BCUT2D eigenvalue weighted by molar-refractivity contribution is 0.259. The molecule has 1 unspecified atom stereocenters. The van der Waals surface area contributed by atoms with Crippen LogP contribution in [0.3, 0.4) is 0 Å². The third-order valence-corrected chi connectivity index (χ3v) is 4.42. The van der Waals surface area contributed by atoms with Crippen molar-refractivity contribution >= 4 is 0 Å². The summed E-state index contributed by atoms with van der Waals surface area (Å²) in [5.41, 5.74) is 1.42. The number of aromatic nitrogens is 2. The molecule has 1 aromatic heterocycles. The molecule has 112 valence electrons. The predicted octanol–water partition coefficient (Wildman–Crippen LogP) is 3.41. The lowest BCUT2D eigenvalue weighted by Gasteiger charge is -2.38. The quantitative estimate of drug-likeness (QED) is 0.855. The number of H-pyrrole nitrogens is 1. The molecular formula is C17H23N3O. The summed E-state index contributed by atoms with van der Waals surface area (Å²) in [5.74, 6) is 2.64. The fourth-order valence-electron chi connectivity index (χ4n) is 3.04. The first-order chi connectivity index (χ1) is 10.3. The van der Waals surface area contributed by atoms with Gasteiger partial charge in [-0.05, 0) is 42.9 Å². The van der Waals surface area contributed by atoms with Gasteiger partial charge in [0.2, 0.25) is 0 Å². The largest absolute Gasteiger partial charge is 0.497 e. The summed E-state index contributed by atoms with van der Waals surface area (Å²) >= 11 is 0. The Kier molecular flexibility index (Phi) is 4.25. The first-order valence-corrected chi connectivity index (χ1v) is 7.69. The van der Waals surface area contributed by atoms with Gasteiger partial charge in [-0.25, -0.2) is 4.98 Å². The monoisotopic (exact) mass is 285 g/mol. The molecule has 0 saturated heterocycles. The van der Waals surface area contributed by atoms with Gasteiger partial charge in [0.05, 0.1) is 13.2 Å². The number of hydrogen-bond donors (Lipinski definition) is 2. The zero-order chi connectivity index (χ0) is 14.7. The Morgan fingerprint density at radius 2 is 2.10 bits per heavy atom. The van der Waals surface area contributed by atoms with E-state index in [2.05, 4.69) is 34.3 Å². The number of rotatable bonds is 6. The van der Waals surface area contributed by atoms with Gasteiger partial charge in [-0.15, -0.1) is 0 Å². The standard InChI is InChI=1S/C17H23N3O/c1-3-16(17-18-8-9-19-17)20-14-10-13(11-14)12-4-6-15(21-2)7-5-12/h4-9,13-14,16,20H,3,10-11H2,1-2H3,(H,18,19). The first kappa shape index (κ1) is 14.1. The molecule has 1 fully saturated rings. The molecule has 1 heterocycles. The molecule has 1 aliphatic rings. The van der Waals surface area contributed by atoms with E-state index < -0.39 is 0 Å². The van der Waals surface area contributed by atoms with E-state index in [1.807, 2.05) is 24.5 Å². The van der Waals surface area contributed by atoms with Crippen LogP contribution in [0.2, 0.25) is 0 Å². The number of methoxy groups -OCH3 is 1. The molecule has 21 heavy (non-hydrogen) atoms. The zero-order valence-corrected chi connectivity index (χ0v) is 12.7. The highest BCUT2D eigenvalue weighted by atomic mass is 16.5. The molecule has 1 aliphatic carbocycles. The molecule has 1 aromatic carbocycles. The van der Waals surface area contributed by atoms with Gasteiger partial charge in [0.25, 0.3) is 0 Å². The Hall–Kier alpha value is -1.81. The van der Waals surface area contributed by atoms with Crippen molar-refractivity contribution in [3.8, 4) is 5.75 Å². The fourth-order valence-corrected chi connectivity index (χ4v) is 3.04. The van der Waals surface area contributed by atoms with Crippen molar-refractivity contribution in [2.24, 2.45) is 0 Å². The number of benzene rings is 1. The van der Waals surface area contributed by atoms with Crippen LogP contribution in [-0.4, -0.2) is 23.1 Å². The highest BCUT2D eigenvalue weighted by molar-refractivity contribution is 5.31. The van der Waals surface area contributed by atoms with Crippen LogP contribution in [0.1, 0.15) is 49.5 Å². The Labute approximate surface area is 125 Å². The number of aromatic amines is 1. The molecule has 4 heteroatoms. The molecule has 2 aromatic rings. The van der Waals surface area contributed by atoms with E-state index in [1.54, 1.807) is 7.11 Å². The van der Waals surface area contributed by atoms with Crippen LogP contribution in [-0.2, 0) is 0 Å². The van der Waals surface area contributed by atoms with E-state index in [9.17, 15) is 0 Å². The van der Waals surface area contributed by atoms with Crippen LogP contribution in [0.5, 0.6) is 5.75 Å². The summed E-state index contributed by atoms with van der Waals surface area (Å²) < 4.78 is 5.21. The van der Waals surface area contributed by atoms with Gasteiger partial charge in [-0.2, -0.15) is 0 Å². The van der Waals surface area contributed by atoms with E-state index in [0.717, 1.165) is 18.0 Å². The van der Waals surface area contributed by atoms with Crippen LogP contribution < -0.4 is 10.1 Å². The second kappa shape index (κ2) is 6.31. The minimum Gasteiger partial charge on any atom is -0.497 e. The lowest BCUT2D eigenvalue weighted by Crippen LogP contribution is -2.42. The molecule has 2 N–H and O–H groups in total. The maximum Gasteiger partial charge on any atom is 0.123 e. The number of hydrogen-bond acceptors (Lipinski definition) is 3. The van der Waals surface area contributed by atoms with Crippen LogP contribution in [0.4, 0.5) is 0 Å². The normalized spacial score (nSPS) is 22.6. The number of nitrogens with one attached hydrogen (secondary N) is 2. The first-order valence-electron chi connectivity index (χ1n) is 7.69. The molecule has 1 saturated carbocycles. The SMILES string of the molecule is CCC(NC1CC(c2ccc(OC)cc2)C1)c1ncc[nH]1. The van der Waals surface area contributed by atoms with Crippen LogP contribution in [0.15, 0.2) is 36.7 Å². The van der Waals surface area contributed by atoms with Gasteiger partial charge in [0.1, 0.15) is 11.6 Å². The topological polar surface area (TPSA) is 49.9 Å². The molecule has 0 amide bonds. The summed E-state index contributed by atoms with van der Waals surface area (Å²) in [6.45, 7) is 2.19. The van der Waals surface area contributed by atoms with Crippen molar-refractivity contribution in [1.82, 2.24) is 15.3 Å². The molecule has 3 rings (SSSR count). The van der Waals surface area contributed by atoms with E-state index in [1.165, 1.54) is 18.4 Å². The number of ether oxygens (including phenoxy) is 1. The van der Waals surface area contributed by atoms with Crippen molar-refractivity contribution in [2.75, 3.05) is 7.11 Å². The molecular weight excluding hydrogens is 262 g/mol. The summed E-state index contributed by atoms with van der Waals surface area (Å²) in [6.07, 6.45) is 7.16. The summed E-state index contributed by atoms with van der Waals surface area (Å²) in [4.78, 5) is 7.57. The number of nitrogens with zero attached hydrogens (tertiary/aromatic N) is 1. The second-order valence-corrected chi connectivity index (χ2v) is 5.74. The van der Waals surface area contributed by atoms with Crippen molar-refractivity contribution in [3.05, 3.63) is 48.0 Å². The summed E-state index contributed by atoms with van der Waals surface area (Å²) in [7, 11) is 1.71. The lowest BCUT2D eigenvalue weighted by atomic mass is 9.75. The Morgan fingerprint density at radius 3 is 2.67 bits per heavy atom. The zero-order valence-electron chi connectivity index (χ0n) is 12.7. The maximum atomic E-state index is 5.21. The van der Waals surface area contributed by atoms with E-state index >= 15 is 0 Å². The average molecular weight is 285 g/mol. The van der Waals surface area contributed by atoms with Crippen molar-refractivity contribution in [3.63, 3.8) is 0 Å². The Balaban J connectivity index is 1.53. The molecule has 0 spiro atoms. The number of imidazole rings is 1.